The second kappa shape index (κ2) is 6.79. The van der Waals surface area contributed by atoms with Crippen LogP contribution in [0.4, 0.5) is 11.6 Å². The van der Waals surface area contributed by atoms with E-state index in [1.807, 2.05) is 12.2 Å². The van der Waals surface area contributed by atoms with Gasteiger partial charge in [0.1, 0.15) is 16.7 Å². The fourth-order valence-corrected chi connectivity index (χ4v) is 2.82. The molecule has 1 atom stereocenters. The van der Waals surface area contributed by atoms with Crippen molar-refractivity contribution in [2.24, 2.45) is 10.2 Å². The number of fused-ring (bicyclic) bond motifs is 1. The predicted molar refractivity (Wildman–Crippen MR) is 99.7 cm³/mol. The summed E-state index contributed by atoms with van der Waals surface area (Å²) < 4.78 is 11.3. The van der Waals surface area contributed by atoms with E-state index >= 15 is 0 Å². The van der Waals surface area contributed by atoms with Crippen molar-refractivity contribution in [3.8, 4) is 12.0 Å². The monoisotopic (exact) mass is 363 g/mol. The fourth-order valence-electron chi connectivity index (χ4n) is 2.41. The Kier molecular flexibility index (Phi) is 4.18. The van der Waals surface area contributed by atoms with Crippen molar-refractivity contribution in [1.82, 2.24) is 20.5 Å². The van der Waals surface area contributed by atoms with Crippen molar-refractivity contribution in [1.29, 1.82) is 0 Å². The van der Waals surface area contributed by atoms with E-state index in [9.17, 15) is 4.21 Å². The van der Waals surface area contributed by atoms with E-state index < -0.39 is 11.0 Å². The second-order valence-electron chi connectivity index (χ2n) is 5.27. The summed E-state index contributed by atoms with van der Waals surface area (Å²) in [7, 11) is -1.50. The van der Waals surface area contributed by atoms with E-state index in [1.54, 1.807) is 47.9 Å². The second-order valence-corrected chi connectivity index (χ2v) is 6.34. The lowest BCUT2D eigenvalue weighted by Crippen LogP contribution is -2.32. The maximum absolute atomic E-state index is 11.3. The van der Waals surface area contributed by atoms with E-state index in [0.717, 1.165) is 17.0 Å². The summed E-state index contributed by atoms with van der Waals surface area (Å²) >= 11 is 0. The molecule has 0 amide bonds. The standard InChI is InChI=1S/C17H13N7OS/c18-26(25)13-5-3-12(4-6-13)22-17-19-10-8-15(23-17)14-7-11-21-24-16(14)2-1-9-20-24/h1-6,8-10,21H,18H2,(H,19,22,23). The van der Waals surface area contributed by atoms with Gasteiger partial charge >= 0.3 is 0 Å². The van der Waals surface area contributed by atoms with Gasteiger partial charge in [-0.05, 0) is 48.4 Å². The Labute approximate surface area is 152 Å². The zero-order chi connectivity index (χ0) is 17.9. The van der Waals surface area contributed by atoms with Crippen molar-refractivity contribution in [2.45, 2.75) is 4.90 Å². The van der Waals surface area contributed by atoms with Crippen molar-refractivity contribution >= 4 is 34.4 Å². The first-order valence-electron chi connectivity index (χ1n) is 7.59. The Balaban J connectivity index is 1.63. The van der Waals surface area contributed by atoms with Crippen molar-refractivity contribution in [2.75, 3.05) is 5.32 Å². The van der Waals surface area contributed by atoms with Gasteiger partial charge < -0.3 is 5.32 Å². The van der Waals surface area contributed by atoms with Crippen LogP contribution in [0, 0.1) is 12.0 Å². The molecule has 4 N–H and O–H groups in total. The van der Waals surface area contributed by atoms with Gasteiger partial charge in [-0.1, -0.05) is 0 Å². The molecule has 2 aliphatic heterocycles. The highest BCUT2D eigenvalue weighted by Crippen LogP contribution is 2.24. The molecule has 1 aromatic carbocycles. The Morgan fingerprint density at radius 3 is 2.88 bits per heavy atom. The van der Waals surface area contributed by atoms with Gasteiger partial charge in [0.2, 0.25) is 5.95 Å². The van der Waals surface area contributed by atoms with Crippen LogP contribution in [0.15, 0.2) is 64.4 Å². The average Bonchev–Trinajstić information content (AvgIpc) is 2.68. The minimum Gasteiger partial charge on any atom is -0.324 e. The number of hydrogen-bond acceptors (Lipinski definition) is 7. The average molecular weight is 363 g/mol. The number of hydrazine groups is 1. The molecule has 0 bridgehead atoms. The number of nitrogens with zero attached hydrogens (tertiary/aromatic N) is 4. The van der Waals surface area contributed by atoms with Crippen LogP contribution >= 0.6 is 0 Å². The van der Waals surface area contributed by atoms with Crippen molar-refractivity contribution in [3.63, 3.8) is 0 Å². The molecule has 0 spiro atoms. The SMILES string of the molecule is NS(=O)c1ccc(Nc2nccc(C3=C4C=CC=NN4NC#C3)n2)cc1. The Morgan fingerprint density at radius 1 is 1.23 bits per heavy atom. The molecule has 8 nitrogen and oxygen atoms in total. The normalized spacial score (nSPS) is 15.7. The molecular weight excluding hydrogens is 350 g/mol. The van der Waals surface area contributed by atoms with Gasteiger partial charge in [0, 0.05) is 24.1 Å². The Hall–Kier alpha value is -3.48. The highest BCUT2D eigenvalue weighted by molar-refractivity contribution is 7.82. The molecular formula is C17H13N7OS. The van der Waals surface area contributed by atoms with Crippen LogP contribution in [0.2, 0.25) is 0 Å². The smallest absolute Gasteiger partial charge is 0.227 e. The topological polar surface area (TPSA) is 109 Å². The van der Waals surface area contributed by atoms with Gasteiger partial charge in [0.25, 0.3) is 0 Å². The minimum absolute atomic E-state index is 0.424. The molecule has 2 aromatic rings. The maximum atomic E-state index is 11.3. The summed E-state index contributed by atoms with van der Waals surface area (Å²) in [6.07, 6.45) is 7.07. The van der Waals surface area contributed by atoms with Crippen LogP contribution in [-0.2, 0) is 11.0 Å². The molecule has 4 rings (SSSR count). The molecule has 26 heavy (non-hydrogen) atoms. The predicted octanol–water partition coefficient (Wildman–Crippen LogP) is 1.25. The lowest BCUT2D eigenvalue weighted by atomic mass is 10.1. The van der Waals surface area contributed by atoms with Crippen LogP contribution in [0.3, 0.4) is 0 Å². The van der Waals surface area contributed by atoms with Crippen molar-refractivity contribution in [3.05, 3.63) is 60.1 Å². The van der Waals surface area contributed by atoms with E-state index in [0.29, 0.717) is 16.5 Å². The number of anilines is 2. The van der Waals surface area contributed by atoms with E-state index in [-0.39, 0.29) is 0 Å². The van der Waals surface area contributed by atoms with E-state index in [2.05, 4.69) is 37.8 Å². The summed E-state index contributed by atoms with van der Waals surface area (Å²) in [5, 5.41) is 14.3. The number of nitrogens with two attached hydrogens (primary N) is 1. The number of aromatic nitrogens is 2. The van der Waals surface area contributed by atoms with Gasteiger partial charge in [-0.25, -0.2) is 24.7 Å². The number of nitrogens with one attached hydrogen (secondary N) is 2. The summed E-state index contributed by atoms with van der Waals surface area (Å²) in [4.78, 5) is 9.32. The summed E-state index contributed by atoms with van der Waals surface area (Å²) in [6, 6.07) is 11.5. The first kappa shape index (κ1) is 16.0. The number of hydrogen-bond donors (Lipinski definition) is 3. The Morgan fingerprint density at radius 2 is 2.08 bits per heavy atom. The third kappa shape index (κ3) is 3.19. The van der Waals surface area contributed by atoms with Gasteiger partial charge in [-0.15, -0.1) is 0 Å². The van der Waals surface area contributed by atoms with Crippen LogP contribution in [-0.4, -0.2) is 25.5 Å². The summed E-state index contributed by atoms with van der Waals surface area (Å²) in [5.41, 5.74) is 5.86. The molecule has 0 saturated heterocycles. The molecule has 0 saturated carbocycles. The number of rotatable bonds is 4. The number of hydrazone groups is 1. The molecule has 0 radical (unpaired) electrons. The van der Waals surface area contributed by atoms with Gasteiger partial charge in [0.15, 0.2) is 0 Å². The largest absolute Gasteiger partial charge is 0.324 e. The summed E-state index contributed by atoms with van der Waals surface area (Å²) in [5.74, 6) is 3.46. The molecule has 3 heterocycles. The molecule has 1 unspecified atom stereocenters. The van der Waals surface area contributed by atoms with Gasteiger partial charge in [0.05, 0.1) is 16.2 Å². The maximum Gasteiger partial charge on any atom is 0.227 e. The van der Waals surface area contributed by atoms with Crippen LogP contribution in [0.5, 0.6) is 0 Å². The van der Waals surface area contributed by atoms with Crippen LogP contribution < -0.4 is 15.9 Å². The number of allylic oxidation sites excluding steroid dienone is 3. The van der Waals surface area contributed by atoms with Gasteiger partial charge in [-0.2, -0.15) is 10.2 Å². The van der Waals surface area contributed by atoms with Crippen LogP contribution in [0.25, 0.3) is 5.57 Å². The molecule has 0 fully saturated rings. The lowest BCUT2D eigenvalue weighted by molar-refractivity contribution is 0.321. The molecule has 128 valence electrons. The molecule has 9 heteroatoms. The first-order chi connectivity index (χ1) is 12.7. The first-order valence-corrected chi connectivity index (χ1v) is 8.80. The van der Waals surface area contributed by atoms with E-state index in [1.165, 1.54) is 0 Å². The minimum atomic E-state index is -1.50. The fraction of sp³-hybridized carbons (Fsp3) is 0. The molecule has 1 aromatic heterocycles. The van der Waals surface area contributed by atoms with Gasteiger partial charge in [-0.3, -0.25) is 0 Å². The molecule has 2 aliphatic rings. The van der Waals surface area contributed by atoms with Crippen molar-refractivity contribution < 1.29 is 4.21 Å². The third-order valence-corrected chi connectivity index (χ3v) is 4.35. The zero-order valence-corrected chi connectivity index (χ0v) is 14.2. The number of benzene rings is 1. The Bertz CT molecular complexity index is 1030. The highest BCUT2D eigenvalue weighted by Gasteiger charge is 2.18. The van der Waals surface area contributed by atoms with E-state index in [4.69, 9.17) is 5.14 Å². The summed E-state index contributed by atoms with van der Waals surface area (Å²) in [6.45, 7) is 0. The quantitative estimate of drug-likeness (QED) is 0.706. The van der Waals surface area contributed by atoms with Crippen LogP contribution in [0.1, 0.15) is 5.69 Å². The molecule has 0 aliphatic carbocycles. The zero-order valence-electron chi connectivity index (χ0n) is 13.4. The lowest BCUT2D eigenvalue weighted by Gasteiger charge is -2.24. The third-order valence-electron chi connectivity index (χ3n) is 3.61. The highest BCUT2D eigenvalue weighted by atomic mass is 32.2.